The van der Waals surface area contributed by atoms with Gasteiger partial charge in [-0.1, -0.05) is 26.2 Å². The number of unbranched alkanes of at least 4 members (excludes halogenated alkanes) is 3. The normalized spacial score (nSPS) is 10.9. The van der Waals surface area contributed by atoms with Crippen LogP contribution in [0.1, 0.15) is 32.6 Å². The van der Waals surface area contributed by atoms with Gasteiger partial charge in [0.2, 0.25) is 0 Å². The lowest BCUT2D eigenvalue weighted by molar-refractivity contribution is -0.140. The molecule has 226 valence electrons. The molecular weight excluding hydrogens is 518 g/mol. The van der Waals surface area contributed by atoms with E-state index in [0.717, 1.165) is 25.7 Å². The number of rotatable bonds is 26. The summed E-state index contributed by atoms with van der Waals surface area (Å²) in [5, 5.41) is 37.8. The monoisotopic (exact) mass is 563 g/mol. The maximum absolute atomic E-state index is 11.9. The standard InChI is InChI=1S/C23H45N7O9/c1-2-3-4-5-6-26-23(38)27-9-14-39-28-19(31)15-24-7-10-29(17-21(34)35)12-13-30(18-22(36)37)11-8-25-16-20(32)33/h24-25H,2-18H2,1H3,(H,28,31)(H,32,33)(H,34,35)(H,36,37)(H2,26,27,38). The quantitative estimate of drug-likeness (QED) is 0.0420. The highest BCUT2D eigenvalue weighted by Gasteiger charge is 2.14. The highest BCUT2D eigenvalue weighted by atomic mass is 16.7. The molecule has 0 spiro atoms. The molecule has 0 aliphatic heterocycles. The third-order valence-corrected chi connectivity index (χ3v) is 5.21. The fraction of sp³-hybridized carbons (Fsp3) is 0.783. The van der Waals surface area contributed by atoms with Crippen LogP contribution < -0.4 is 26.7 Å². The first-order chi connectivity index (χ1) is 18.6. The summed E-state index contributed by atoms with van der Waals surface area (Å²) in [6, 6.07) is -0.296. The molecule has 16 heteroatoms. The van der Waals surface area contributed by atoms with Crippen LogP contribution in [0.15, 0.2) is 0 Å². The van der Waals surface area contributed by atoms with Crippen molar-refractivity contribution in [3.63, 3.8) is 0 Å². The lowest BCUT2D eigenvalue weighted by atomic mass is 10.2. The Morgan fingerprint density at radius 3 is 1.77 bits per heavy atom. The molecule has 0 saturated carbocycles. The number of hydrogen-bond acceptors (Lipinski definition) is 10. The second kappa shape index (κ2) is 24.0. The summed E-state index contributed by atoms with van der Waals surface area (Å²) in [7, 11) is 0. The number of carbonyl (C=O) groups excluding carboxylic acids is 2. The Morgan fingerprint density at radius 1 is 0.667 bits per heavy atom. The Balaban J connectivity index is 4.14. The maximum atomic E-state index is 11.9. The van der Waals surface area contributed by atoms with E-state index in [-0.39, 0.29) is 78.1 Å². The van der Waals surface area contributed by atoms with E-state index >= 15 is 0 Å². The Morgan fingerprint density at radius 2 is 1.23 bits per heavy atom. The molecule has 8 N–H and O–H groups in total. The molecule has 0 bridgehead atoms. The Bertz CT molecular complexity index is 728. The second-order valence-corrected chi connectivity index (χ2v) is 8.70. The molecule has 0 aliphatic carbocycles. The van der Waals surface area contributed by atoms with Crippen molar-refractivity contribution in [1.29, 1.82) is 0 Å². The third-order valence-electron chi connectivity index (χ3n) is 5.21. The average Bonchev–Trinajstić information content (AvgIpc) is 2.86. The van der Waals surface area contributed by atoms with Crippen LogP contribution in [0, 0.1) is 0 Å². The first-order valence-corrected chi connectivity index (χ1v) is 13.1. The van der Waals surface area contributed by atoms with Crippen LogP contribution in [-0.2, 0) is 24.0 Å². The maximum Gasteiger partial charge on any atom is 0.317 e. The van der Waals surface area contributed by atoms with E-state index in [1.807, 2.05) is 0 Å². The predicted octanol–water partition coefficient (Wildman–Crippen LogP) is -2.05. The highest BCUT2D eigenvalue weighted by Crippen LogP contribution is 1.97. The molecule has 39 heavy (non-hydrogen) atoms. The SMILES string of the molecule is CCCCCCNC(=O)NCCONC(=O)CNCCN(CCN(CCNCC(=O)O)CC(=O)O)CC(=O)O. The number of hydroxylamine groups is 1. The van der Waals surface area contributed by atoms with E-state index in [1.165, 1.54) is 0 Å². The third kappa shape index (κ3) is 25.0. The van der Waals surface area contributed by atoms with E-state index in [1.54, 1.807) is 9.80 Å². The molecular formula is C23H45N7O9. The van der Waals surface area contributed by atoms with Crippen LogP contribution in [0.25, 0.3) is 0 Å². The van der Waals surface area contributed by atoms with Gasteiger partial charge in [0, 0.05) is 52.4 Å². The Kier molecular flexibility index (Phi) is 22.1. The van der Waals surface area contributed by atoms with Crippen molar-refractivity contribution in [1.82, 2.24) is 36.5 Å². The summed E-state index contributed by atoms with van der Waals surface area (Å²) in [5.41, 5.74) is 2.25. The molecule has 3 amide bonds. The van der Waals surface area contributed by atoms with Gasteiger partial charge in [-0.25, -0.2) is 10.3 Å². The van der Waals surface area contributed by atoms with Crippen molar-refractivity contribution < 1.29 is 44.1 Å². The van der Waals surface area contributed by atoms with Crippen molar-refractivity contribution in [3.8, 4) is 0 Å². The molecule has 0 radical (unpaired) electrons. The molecule has 0 unspecified atom stereocenters. The number of nitrogens with zero attached hydrogens (tertiary/aromatic N) is 2. The van der Waals surface area contributed by atoms with E-state index < -0.39 is 23.8 Å². The summed E-state index contributed by atoms with van der Waals surface area (Å²) < 4.78 is 0. The molecule has 0 heterocycles. The number of carboxylic acid groups (broad SMARTS) is 3. The van der Waals surface area contributed by atoms with Crippen molar-refractivity contribution in [2.75, 3.05) is 85.1 Å². The van der Waals surface area contributed by atoms with Gasteiger partial charge in [-0.2, -0.15) is 0 Å². The zero-order valence-corrected chi connectivity index (χ0v) is 22.7. The first kappa shape index (κ1) is 35.9. The fourth-order valence-electron chi connectivity index (χ4n) is 3.28. The van der Waals surface area contributed by atoms with E-state index in [9.17, 15) is 24.0 Å². The van der Waals surface area contributed by atoms with Crippen LogP contribution in [0.2, 0.25) is 0 Å². The Hall–Kier alpha value is -3.05. The number of amides is 3. The summed E-state index contributed by atoms with van der Waals surface area (Å²) >= 11 is 0. The molecule has 0 aromatic carbocycles. The zero-order valence-electron chi connectivity index (χ0n) is 22.7. The van der Waals surface area contributed by atoms with Crippen LogP contribution in [-0.4, -0.2) is 140 Å². The van der Waals surface area contributed by atoms with Crippen LogP contribution in [0.4, 0.5) is 4.79 Å². The highest BCUT2D eigenvalue weighted by molar-refractivity contribution is 5.77. The summed E-state index contributed by atoms with van der Waals surface area (Å²) in [4.78, 5) is 64.6. The lowest BCUT2D eigenvalue weighted by Gasteiger charge is -2.26. The van der Waals surface area contributed by atoms with E-state index in [4.69, 9.17) is 20.2 Å². The van der Waals surface area contributed by atoms with Gasteiger partial charge in [0.1, 0.15) is 0 Å². The predicted molar refractivity (Wildman–Crippen MR) is 141 cm³/mol. The van der Waals surface area contributed by atoms with E-state index in [2.05, 4.69) is 33.7 Å². The van der Waals surface area contributed by atoms with Crippen LogP contribution in [0.5, 0.6) is 0 Å². The van der Waals surface area contributed by atoms with Gasteiger partial charge in [-0.05, 0) is 6.42 Å². The average molecular weight is 564 g/mol. The van der Waals surface area contributed by atoms with Gasteiger partial charge in [0.05, 0.1) is 32.8 Å². The number of urea groups is 1. The first-order valence-electron chi connectivity index (χ1n) is 13.1. The van der Waals surface area contributed by atoms with Crippen LogP contribution >= 0.6 is 0 Å². The largest absolute Gasteiger partial charge is 0.480 e. The minimum absolute atomic E-state index is 0.0764. The summed E-state index contributed by atoms with van der Waals surface area (Å²) in [6.07, 6.45) is 4.25. The molecule has 0 rings (SSSR count). The molecule has 0 aromatic heterocycles. The minimum Gasteiger partial charge on any atom is -0.480 e. The van der Waals surface area contributed by atoms with Gasteiger partial charge in [0.15, 0.2) is 0 Å². The van der Waals surface area contributed by atoms with Gasteiger partial charge < -0.3 is 36.6 Å². The van der Waals surface area contributed by atoms with Gasteiger partial charge in [0.25, 0.3) is 5.91 Å². The molecule has 0 fully saturated rings. The number of hydrogen-bond donors (Lipinski definition) is 8. The van der Waals surface area contributed by atoms with Crippen molar-refractivity contribution >= 4 is 29.8 Å². The topological polar surface area (TPSA) is 222 Å². The Labute approximate surface area is 228 Å². The zero-order chi connectivity index (χ0) is 29.3. The lowest BCUT2D eigenvalue weighted by Crippen LogP contribution is -2.45. The van der Waals surface area contributed by atoms with Crippen molar-refractivity contribution in [2.24, 2.45) is 0 Å². The molecule has 0 atom stereocenters. The molecule has 0 saturated heterocycles. The molecule has 0 aliphatic rings. The number of aliphatic carboxylic acids is 3. The van der Waals surface area contributed by atoms with Crippen molar-refractivity contribution in [3.05, 3.63) is 0 Å². The molecule has 0 aromatic rings. The van der Waals surface area contributed by atoms with Crippen LogP contribution in [0.3, 0.4) is 0 Å². The van der Waals surface area contributed by atoms with Crippen molar-refractivity contribution in [2.45, 2.75) is 32.6 Å². The number of carbonyl (C=O) groups is 5. The number of nitrogens with one attached hydrogen (secondary N) is 5. The number of carboxylic acids is 3. The molecule has 16 nitrogen and oxygen atoms in total. The fourth-order valence-corrected chi connectivity index (χ4v) is 3.28. The van der Waals surface area contributed by atoms with E-state index in [0.29, 0.717) is 13.1 Å². The smallest absolute Gasteiger partial charge is 0.317 e. The summed E-state index contributed by atoms with van der Waals surface area (Å²) in [6.45, 7) is 3.79. The van der Waals surface area contributed by atoms with Gasteiger partial charge in [-0.15, -0.1) is 0 Å². The summed E-state index contributed by atoms with van der Waals surface area (Å²) in [5.74, 6) is -3.57. The minimum atomic E-state index is -1.05. The second-order valence-electron chi connectivity index (χ2n) is 8.70. The van der Waals surface area contributed by atoms with Gasteiger partial charge >= 0.3 is 23.9 Å². The van der Waals surface area contributed by atoms with Gasteiger partial charge in [-0.3, -0.25) is 33.8 Å².